The summed E-state index contributed by atoms with van der Waals surface area (Å²) >= 11 is 0. The summed E-state index contributed by atoms with van der Waals surface area (Å²) in [7, 11) is 1.31. The maximum absolute atomic E-state index is 12.8. The number of esters is 1. The van der Waals surface area contributed by atoms with Gasteiger partial charge in [-0.25, -0.2) is 4.79 Å². The molecule has 5 heteroatoms. The summed E-state index contributed by atoms with van der Waals surface area (Å²) in [6.45, 7) is 0. The Hall–Kier alpha value is -3.34. The Kier molecular flexibility index (Phi) is 5.17. The highest BCUT2D eigenvalue weighted by atomic mass is 16.5. The predicted octanol–water partition coefficient (Wildman–Crippen LogP) is 2.94. The quantitative estimate of drug-likeness (QED) is 0.549. The molecule has 0 aliphatic carbocycles. The van der Waals surface area contributed by atoms with E-state index in [1.807, 2.05) is 54.6 Å². The lowest BCUT2D eigenvalue weighted by atomic mass is 10.0. The molecule has 1 amide bonds. The molecule has 3 aromatic rings. The van der Waals surface area contributed by atoms with Gasteiger partial charge in [0.1, 0.15) is 6.04 Å². The third kappa shape index (κ3) is 3.67. The van der Waals surface area contributed by atoms with Crippen LogP contribution in [0.25, 0.3) is 10.8 Å². The van der Waals surface area contributed by atoms with Gasteiger partial charge in [0.2, 0.25) is 0 Å². The maximum Gasteiger partial charge on any atom is 0.328 e. The van der Waals surface area contributed by atoms with Crippen molar-refractivity contribution in [3.63, 3.8) is 0 Å². The van der Waals surface area contributed by atoms with Gasteiger partial charge < -0.3 is 15.8 Å². The minimum Gasteiger partial charge on any atom is -0.467 e. The van der Waals surface area contributed by atoms with E-state index >= 15 is 0 Å². The van der Waals surface area contributed by atoms with Crippen LogP contribution in [0.5, 0.6) is 0 Å². The highest BCUT2D eigenvalue weighted by Crippen LogP contribution is 2.24. The first kappa shape index (κ1) is 17.5. The molecule has 0 aliphatic rings. The van der Waals surface area contributed by atoms with E-state index in [0.717, 1.165) is 16.3 Å². The number of carbonyl (C=O) groups excluding carboxylic acids is 2. The predicted molar refractivity (Wildman–Crippen MR) is 102 cm³/mol. The van der Waals surface area contributed by atoms with Crippen molar-refractivity contribution in [3.05, 3.63) is 77.9 Å². The average Bonchev–Trinajstić information content (AvgIpc) is 2.68. The maximum atomic E-state index is 12.8. The highest BCUT2D eigenvalue weighted by Gasteiger charge is 2.23. The Bertz CT molecular complexity index is 938. The first-order valence-corrected chi connectivity index (χ1v) is 8.30. The van der Waals surface area contributed by atoms with Crippen LogP contribution in [0.4, 0.5) is 5.69 Å². The summed E-state index contributed by atoms with van der Waals surface area (Å²) in [6.07, 6.45) is 0.353. The number of ether oxygens (including phenoxy) is 1. The van der Waals surface area contributed by atoms with Crippen LogP contribution >= 0.6 is 0 Å². The Morgan fingerprint density at radius 3 is 2.31 bits per heavy atom. The van der Waals surface area contributed by atoms with E-state index in [1.165, 1.54) is 7.11 Å². The van der Waals surface area contributed by atoms with E-state index < -0.39 is 12.0 Å². The SMILES string of the molecule is COC(=O)[C@H](Cc1ccccc1)NC(=O)c1ccc(N)c2ccccc12. The van der Waals surface area contributed by atoms with Crippen molar-refractivity contribution in [3.8, 4) is 0 Å². The van der Waals surface area contributed by atoms with Gasteiger partial charge in [0.05, 0.1) is 7.11 Å². The van der Waals surface area contributed by atoms with Gasteiger partial charge in [-0.05, 0) is 23.1 Å². The summed E-state index contributed by atoms with van der Waals surface area (Å²) < 4.78 is 4.85. The molecule has 0 aromatic heterocycles. The Morgan fingerprint density at radius 1 is 0.962 bits per heavy atom. The van der Waals surface area contributed by atoms with Gasteiger partial charge in [0, 0.05) is 23.1 Å². The van der Waals surface area contributed by atoms with Crippen LogP contribution in [0.2, 0.25) is 0 Å². The van der Waals surface area contributed by atoms with Crippen LogP contribution in [0, 0.1) is 0 Å². The molecule has 132 valence electrons. The molecule has 3 N–H and O–H groups in total. The van der Waals surface area contributed by atoms with Crippen molar-refractivity contribution in [1.29, 1.82) is 0 Å². The van der Waals surface area contributed by atoms with Gasteiger partial charge in [-0.15, -0.1) is 0 Å². The number of fused-ring (bicyclic) bond motifs is 1. The van der Waals surface area contributed by atoms with Crippen LogP contribution < -0.4 is 11.1 Å². The number of amides is 1. The molecule has 3 aromatic carbocycles. The molecule has 0 radical (unpaired) electrons. The second-order valence-corrected chi connectivity index (χ2v) is 5.99. The first-order valence-electron chi connectivity index (χ1n) is 8.30. The second-order valence-electron chi connectivity index (χ2n) is 5.99. The minimum absolute atomic E-state index is 0.340. The van der Waals surface area contributed by atoms with E-state index in [2.05, 4.69) is 5.32 Å². The molecule has 0 spiro atoms. The fraction of sp³-hybridized carbons (Fsp3) is 0.143. The van der Waals surface area contributed by atoms with Crippen LogP contribution in [-0.4, -0.2) is 25.0 Å². The summed E-state index contributed by atoms with van der Waals surface area (Å²) in [5.41, 5.74) is 8.00. The van der Waals surface area contributed by atoms with Crippen LogP contribution in [0.15, 0.2) is 66.7 Å². The first-order chi connectivity index (χ1) is 12.6. The summed E-state index contributed by atoms with van der Waals surface area (Å²) in [5, 5.41) is 4.34. The van der Waals surface area contributed by atoms with Crippen LogP contribution in [0.3, 0.4) is 0 Å². The lowest BCUT2D eigenvalue weighted by Crippen LogP contribution is -2.43. The standard InChI is InChI=1S/C21H20N2O3/c1-26-21(25)19(13-14-7-3-2-4-8-14)23-20(24)17-11-12-18(22)16-10-6-5-9-15(16)17/h2-12,19H,13,22H2,1H3,(H,23,24)/t19-/m0/s1. The van der Waals surface area contributed by atoms with Crippen molar-refractivity contribution in [2.24, 2.45) is 0 Å². The molecule has 0 fully saturated rings. The van der Waals surface area contributed by atoms with Gasteiger partial charge in [-0.2, -0.15) is 0 Å². The fourth-order valence-electron chi connectivity index (χ4n) is 2.94. The van der Waals surface area contributed by atoms with Gasteiger partial charge in [0.25, 0.3) is 5.91 Å². The number of nitrogens with two attached hydrogens (primary N) is 1. The number of hydrogen-bond donors (Lipinski definition) is 2. The number of nitrogens with one attached hydrogen (secondary N) is 1. The number of nitrogen functional groups attached to an aromatic ring is 1. The Morgan fingerprint density at radius 2 is 1.62 bits per heavy atom. The summed E-state index contributed by atoms with van der Waals surface area (Å²) in [6, 6.07) is 19.5. The number of benzene rings is 3. The molecular formula is C21H20N2O3. The van der Waals surface area contributed by atoms with Gasteiger partial charge in [-0.3, -0.25) is 4.79 Å². The third-order valence-corrected chi connectivity index (χ3v) is 4.28. The molecule has 0 heterocycles. The zero-order chi connectivity index (χ0) is 18.5. The number of hydrogen-bond acceptors (Lipinski definition) is 4. The molecule has 0 aliphatic heterocycles. The summed E-state index contributed by atoms with van der Waals surface area (Å²) in [4.78, 5) is 25.0. The zero-order valence-corrected chi connectivity index (χ0v) is 14.4. The van der Waals surface area contributed by atoms with Gasteiger partial charge >= 0.3 is 5.97 Å². The lowest BCUT2D eigenvalue weighted by Gasteiger charge is -2.17. The highest BCUT2D eigenvalue weighted by molar-refractivity contribution is 6.10. The molecule has 5 nitrogen and oxygen atoms in total. The second kappa shape index (κ2) is 7.70. The smallest absolute Gasteiger partial charge is 0.328 e. The van der Waals surface area contributed by atoms with E-state index in [9.17, 15) is 9.59 Å². The van der Waals surface area contributed by atoms with Crippen molar-refractivity contribution in [2.45, 2.75) is 12.5 Å². The van der Waals surface area contributed by atoms with Crippen LogP contribution in [-0.2, 0) is 16.0 Å². The topological polar surface area (TPSA) is 81.4 Å². The normalized spacial score (nSPS) is 11.7. The molecule has 0 unspecified atom stereocenters. The van der Waals surface area contributed by atoms with Gasteiger partial charge in [0.15, 0.2) is 0 Å². The monoisotopic (exact) mass is 348 g/mol. The van der Waals surface area contributed by atoms with E-state index in [-0.39, 0.29) is 5.91 Å². The molecule has 1 atom stereocenters. The minimum atomic E-state index is -0.772. The molecule has 0 saturated carbocycles. The number of carbonyl (C=O) groups is 2. The Labute approximate surface area is 151 Å². The van der Waals surface area contributed by atoms with Crippen molar-refractivity contribution < 1.29 is 14.3 Å². The number of rotatable bonds is 5. The number of methoxy groups -OCH3 is 1. The van der Waals surface area contributed by atoms with Crippen molar-refractivity contribution >= 4 is 28.3 Å². The van der Waals surface area contributed by atoms with E-state index in [4.69, 9.17) is 10.5 Å². The molecule has 26 heavy (non-hydrogen) atoms. The fourth-order valence-corrected chi connectivity index (χ4v) is 2.94. The third-order valence-electron chi connectivity index (χ3n) is 4.28. The zero-order valence-electron chi connectivity index (χ0n) is 14.4. The van der Waals surface area contributed by atoms with E-state index in [1.54, 1.807) is 12.1 Å². The number of anilines is 1. The molecule has 0 bridgehead atoms. The molecule has 0 saturated heterocycles. The lowest BCUT2D eigenvalue weighted by molar-refractivity contribution is -0.142. The molecule has 3 rings (SSSR count). The molecular weight excluding hydrogens is 328 g/mol. The Balaban J connectivity index is 1.89. The average molecular weight is 348 g/mol. The van der Waals surface area contributed by atoms with Gasteiger partial charge in [-0.1, -0.05) is 54.6 Å². The summed E-state index contributed by atoms with van der Waals surface area (Å²) in [5.74, 6) is -0.825. The van der Waals surface area contributed by atoms with Crippen molar-refractivity contribution in [1.82, 2.24) is 5.32 Å². The van der Waals surface area contributed by atoms with Crippen LogP contribution in [0.1, 0.15) is 15.9 Å². The largest absolute Gasteiger partial charge is 0.467 e. The van der Waals surface area contributed by atoms with Crippen molar-refractivity contribution in [2.75, 3.05) is 12.8 Å². The van der Waals surface area contributed by atoms with E-state index in [0.29, 0.717) is 17.7 Å².